The van der Waals surface area contributed by atoms with Gasteiger partial charge in [0.1, 0.15) is 0 Å². The molecule has 0 aliphatic rings. The summed E-state index contributed by atoms with van der Waals surface area (Å²) in [5.41, 5.74) is 2.70. The number of anilines is 1. The maximum absolute atomic E-state index is 12.4. The van der Waals surface area contributed by atoms with Crippen molar-refractivity contribution in [3.63, 3.8) is 0 Å². The summed E-state index contributed by atoms with van der Waals surface area (Å²) in [7, 11) is 0. The van der Waals surface area contributed by atoms with Crippen LogP contribution in [0, 0.1) is 5.92 Å². The Morgan fingerprint density at radius 2 is 1.60 bits per heavy atom. The van der Waals surface area contributed by atoms with Gasteiger partial charge in [-0.25, -0.2) is 0 Å². The van der Waals surface area contributed by atoms with Crippen LogP contribution in [0.2, 0.25) is 0 Å². The van der Waals surface area contributed by atoms with Gasteiger partial charge in [-0.1, -0.05) is 62.0 Å². The molecule has 0 radical (unpaired) electrons. The SMILES string of the molecule is C=C(c1ccccc1)[C@H](CC)C(=O)Nc1ccccc1. The van der Waals surface area contributed by atoms with Gasteiger partial charge in [-0.3, -0.25) is 4.79 Å². The lowest BCUT2D eigenvalue weighted by atomic mass is 9.91. The first kappa shape index (κ1) is 14.1. The monoisotopic (exact) mass is 265 g/mol. The van der Waals surface area contributed by atoms with Crippen LogP contribution < -0.4 is 5.32 Å². The van der Waals surface area contributed by atoms with E-state index in [-0.39, 0.29) is 11.8 Å². The number of nitrogens with one attached hydrogen (secondary N) is 1. The van der Waals surface area contributed by atoms with Crippen LogP contribution in [0.5, 0.6) is 0 Å². The number of amides is 1. The summed E-state index contributed by atoms with van der Waals surface area (Å²) in [6.45, 7) is 6.10. The molecule has 0 aliphatic heterocycles. The summed E-state index contributed by atoms with van der Waals surface area (Å²) in [4.78, 5) is 12.4. The van der Waals surface area contributed by atoms with Crippen molar-refractivity contribution in [1.82, 2.24) is 0 Å². The number of carbonyl (C=O) groups is 1. The smallest absolute Gasteiger partial charge is 0.231 e. The van der Waals surface area contributed by atoms with E-state index in [4.69, 9.17) is 0 Å². The molecule has 1 atom stereocenters. The Bertz CT molecular complexity index is 575. The largest absolute Gasteiger partial charge is 0.326 e. The van der Waals surface area contributed by atoms with Gasteiger partial charge < -0.3 is 5.32 Å². The number of rotatable bonds is 5. The van der Waals surface area contributed by atoms with Crippen LogP contribution in [0.1, 0.15) is 18.9 Å². The van der Waals surface area contributed by atoms with Gasteiger partial charge in [0.25, 0.3) is 0 Å². The first-order valence-electron chi connectivity index (χ1n) is 6.82. The molecule has 0 aromatic heterocycles. The van der Waals surface area contributed by atoms with E-state index in [1.54, 1.807) is 0 Å². The van der Waals surface area contributed by atoms with Gasteiger partial charge >= 0.3 is 0 Å². The fourth-order valence-electron chi connectivity index (χ4n) is 2.19. The maximum Gasteiger partial charge on any atom is 0.231 e. The second-order valence-electron chi connectivity index (χ2n) is 4.71. The molecular weight excluding hydrogens is 246 g/mol. The van der Waals surface area contributed by atoms with E-state index in [9.17, 15) is 4.79 Å². The van der Waals surface area contributed by atoms with Crippen molar-refractivity contribution in [2.45, 2.75) is 13.3 Å². The van der Waals surface area contributed by atoms with E-state index in [0.29, 0.717) is 0 Å². The van der Waals surface area contributed by atoms with E-state index >= 15 is 0 Å². The fourth-order valence-corrected chi connectivity index (χ4v) is 2.19. The fraction of sp³-hybridized carbons (Fsp3) is 0.167. The molecule has 0 saturated heterocycles. The zero-order valence-electron chi connectivity index (χ0n) is 11.7. The molecule has 2 nitrogen and oxygen atoms in total. The molecule has 2 aromatic rings. The number of carbonyl (C=O) groups excluding carboxylic acids is 1. The average Bonchev–Trinajstić information content (AvgIpc) is 2.49. The molecule has 0 spiro atoms. The summed E-state index contributed by atoms with van der Waals surface area (Å²) < 4.78 is 0. The number of hydrogen-bond acceptors (Lipinski definition) is 1. The molecule has 0 unspecified atom stereocenters. The molecule has 2 heteroatoms. The van der Waals surface area contributed by atoms with Gasteiger partial charge in [0.15, 0.2) is 0 Å². The predicted molar refractivity (Wildman–Crippen MR) is 84.3 cm³/mol. The molecule has 2 rings (SSSR count). The first-order valence-corrected chi connectivity index (χ1v) is 6.82. The van der Waals surface area contributed by atoms with Crippen LogP contribution in [0.4, 0.5) is 5.69 Å². The van der Waals surface area contributed by atoms with E-state index in [0.717, 1.165) is 23.2 Å². The van der Waals surface area contributed by atoms with Gasteiger partial charge in [-0.15, -0.1) is 0 Å². The van der Waals surface area contributed by atoms with Crippen LogP contribution in [-0.4, -0.2) is 5.91 Å². The lowest BCUT2D eigenvalue weighted by Gasteiger charge is -2.18. The zero-order chi connectivity index (χ0) is 14.4. The normalized spacial score (nSPS) is 11.7. The third-order valence-electron chi connectivity index (χ3n) is 3.33. The van der Waals surface area contributed by atoms with E-state index in [2.05, 4.69) is 11.9 Å². The highest BCUT2D eigenvalue weighted by Crippen LogP contribution is 2.25. The highest BCUT2D eigenvalue weighted by atomic mass is 16.1. The van der Waals surface area contributed by atoms with E-state index < -0.39 is 0 Å². The first-order chi connectivity index (χ1) is 9.72. The van der Waals surface area contributed by atoms with E-state index in [1.165, 1.54) is 0 Å². The number of hydrogen-bond donors (Lipinski definition) is 1. The van der Waals surface area contributed by atoms with Crippen molar-refractivity contribution in [3.05, 3.63) is 72.8 Å². The van der Waals surface area contributed by atoms with E-state index in [1.807, 2.05) is 67.6 Å². The third-order valence-corrected chi connectivity index (χ3v) is 3.33. The molecule has 102 valence electrons. The van der Waals surface area contributed by atoms with Gasteiger partial charge in [0, 0.05) is 5.69 Å². The second-order valence-corrected chi connectivity index (χ2v) is 4.71. The zero-order valence-corrected chi connectivity index (χ0v) is 11.7. The molecular formula is C18H19NO. The van der Waals surface area contributed by atoms with Gasteiger partial charge in [-0.2, -0.15) is 0 Å². The van der Waals surface area contributed by atoms with Crippen LogP contribution in [0.3, 0.4) is 0 Å². The Balaban J connectivity index is 2.12. The van der Waals surface area contributed by atoms with Crippen molar-refractivity contribution in [3.8, 4) is 0 Å². The topological polar surface area (TPSA) is 29.1 Å². The summed E-state index contributed by atoms with van der Waals surface area (Å²) in [6.07, 6.45) is 0.729. The minimum Gasteiger partial charge on any atom is -0.326 e. The van der Waals surface area contributed by atoms with Gasteiger partial charge in [0.05, 0.1) is 5.92 Å². The average molecular weight is 265 g/mol. The number of benzene rings is 2. The third kappa shape index (κ3) is 3.35. The minimum absolute atomic E-state index is 0.00690. The van der Waals surface area contributed by atoms with Crippen LogP contribution in [0.25, 0.3) is 5.57 Å². The predicted octanol–water partition coefficient (Wildman–Crippen LogP) is 4.36. The lowest BCUT2D eigenvalue weighted by Crippen LogP contribution is -2.23. The molecule has 1 N–H and O–H groups in total. The summed E-state index contributed by atoms with van der Waals surface area (Å²) in [5, 5.41) is 2.94. The second kappa shape index (κ2) is 6.71. The molecule has 1 amide bonds. The molecule has 0 fully saturated rings. The van der Waals surface area contributed by atoms with Gasteiger partial charge in [0.2, 0.25) is 5.91 Å². The summed E-state index contributed by atoms with van der Waals surface area (Å²) >= 11 is 0. The Morgan fingerprint density at radius 1 is 1.05 bits per heavy atom. The highest BCUT2D eigenvalue weighted by molar-refractivity contribution is 6.00. The molecule has 0 saturated carbocycles. The quantitative estimate of drug-likeness (QED) is 0.854. The van der Waals surface area contributed by atoms with Crippen molar-refractivity contribution in [2.24, 2.45) is 5.92 Å². The van der Waals surface area contributed by atoms with Crippen LogP contribution in [0.15, 0.2) is 67.2 Å². The Labute approximate surface area is 120 Å². The molecule has 0 bridgehead atoms. The van der Waals surface area contributed by atoms with Crippen molar-refractivity contribution >= 4 is 17.2 Å². The Morgan fingerprint density at radius 3 is 2.15 bits per heavy atom. The standard InChI is InChI=1S/C18H19NO/c1-3-17(14(2)15-10-6-4-7-11-15)18(20)19-16-12-8-5-9-13-16/h4-13,17H,2-3H2,1H3,(H,19,20)/t17-/m0/s1. The van der Waals surface area contributed by atoms with Crippen LogP contribution >= 0.6 is 0 Å². The molecule has 2 aromatic carbocycles. The highest BCUT2D eigenvalue weighted by Gasteiger charge is 2.20. The number of para-hydroxylation sites is 1. The Hall–Kier alpha value is -2.35. The maximum atomic E-state index is 12.4. The van der Waals surface area contributed by atoms with Crippen molar-refractivity contribution < 1.29 is 4.79 Å². The van der Waals surface area contributed by atoms with Crippen molar-refractivity contribution in [1.29, 1.82) is 0 Å². The van der Waals surface area contributed by atoms with Gasteiger partial charge in [-0.05, 0) is 29.7 Å². The molecule has 20 heavy (non-hydrogen) atoms. The lowest BCUT2D eigenvalue weighted by molar-refractivity contribution is -0.118. The Kier molecular flexibility index (Phi) is 4.72. The molecule has 0 heterocycles. The summed E-state index contributed by atoms with van der Waals surface area (Å²) in [5.74, 6) is -0.217. The molecule has 0 aliphatic carbocycles. The minimum atomic E-state index is -0.211. The van der Waals surface area contributed by atoms with Crippen molar-refractivity contribution in [2.75, 3.05) is 5.32 Å². The summed E-state index contributed by atoms with van der Waals surface area (Å²) in [6, 6.07) is 19.4. The van der Waals surface area contributed by atoms with Crippen LogP contribution in [-0.2, 0) is 4.79 Å².